The average molecular weight is 563 g/mol. The van der Waals surface area contributed by atoms with Gasteiger partial charge < -0.3 is 14.5 Å². The van der Waals surface area contributed by atoms with Gasteiger partial charge in [0, 0.05) is 45.0 Å². The van der Waals surface area contributed by atoms with Gasteiger partial charge >= 0.3 is 6.09 Å². The van der Waals surface area contributed by atoms with Gasteiger partial charge in [0.2, 0.25) is 5.91 Å². The van der Waals surface area contributed by atoms with Gasteiger partial charge in [0.25, 0.3) is 5.91 Å². The minimum atomic E-state index is -0.648. The van der Waals surface area contributed by atoms with Crippen LogP contribution >= 0.6 is 0 Å². The van der Waals surface area contributed by atoms with E-state index < -0.39 is 11.7 Å². The maximum absolute atomic E-state index is 13.5. The van der Waals surface area contributed by atoms with E-state index in [-0.39, 0.29) is 44.0 Å². The van der Waals surface area contributed by atoms with E-state index in [9.17, 15) is 19.6 Å². The van der Waals surface area contributed by atoms with Crippen LogP contribution in [0, 0.1) is 18.3 Å². The number of ether oxygens (including phenoxy) is 1. The molecule has 1 heterocycles. The molecule has 2 aromatic rings. The third-order valence-electron chi connectivity index (χ3n) is 6.90. The van der Waals surface area contributed by atoms with E-state index in [1.54, 1.807) is 40.1 Å². The lowest BCUT2D eigenvalue weighted by molar-refractivity contribution is -0.145. The molecule has 0 spiro atoms. The van der Waals surface area contributed by atoms with Crippen molar-refractivity contribution in [1.29, 1.82) is 5.26 Å². The van der Waals surface area contributed by atoms with Gasteiger partial charge in [0.1, 0.15) is 5.60 Å². The molecule has 0 aromatic heterocycles. The number of aryl methyl sites for hydroxylation is 1. The molecule has 0 saturated heterocycles. The van der Waals surface area contributed by atoms with Crippen LogP contribution < -0.4 is 10.2 Å². The highest BCUT2D eigenvalue weighted by molar-refractivity contribution is 5.96. The van der Waals surface area contributed by atoms with Crippen molar-refractivity contribution in [2.24, 2.45) is 0 Å². The fraction of sp³-hybridized carbons (Fsp3) is 0.484. The smallest absolute Gasteiger partial charge is 0.410 e. The lowest BCUT2D eigenvalue weighted by atomic mass is 10.1. The zero-order valence-electron chi connectivity index (χ0n) is 25.2. The van der Waals surface area contributed by atoms with Crippen LogP contribution in [0.1, 0.15) is 56.9 Å². The Labute approximate surface area is 243 Å². The molecule has 41 heavy (non-hydrogen) atoms. The number of rotatable bonds is 10. The normalized spacial score (nSPS) is 13.0. The van der Waals surface area contributed by atoms with Crippen molar-refractivity contribution in [2.75, 3.05) is 38.1 Å². The SMILES string of the molecule is Cc1cc(C#N)ccc1N(CCN(C(=O)OC(C)(C)C)C(C)C)C(=O)CNCC(=O)N(C)N1Cc2ccccc2C1. The molecule has 0 aliphatic carbocycles. The molecule has 1 aliphatic heterocycles. The molecule has 0 unspecified atom stereocenters. The predicted molar refractivity (Wildman–Crippen MR) is 158 cm³/mol. The molecule has 0 atom stereocenters. The predicted octanol–water partition coefficient (Wildman–Crippen LogP) is 3.82. The summed E-state index contributed by atoms with van der Waals surface area (Å²) >= 11 is 0. The minimum absolute atomic E-state index is 0.00863. The summed E-state index contributed by atoms with van der Waals surface area (Å²) in [6.45, 7) is 12.8. The minimum Gasteiger partial charge on any atom is -0.444 e. The Bertz CT molecular complexity index is 1270. The fourth-order valence-electron chi connectivity index (χ4n) is 4.67. The second-order valence-electron chi connectivity index (χ2n) is 11.5. The van der Waals surface area contributed by atoms with Gasteiger partial charge in [-0.3, -0.25) is 19.9 Å². The van der Waals surface area contributed by atoms with E-state index in [1.165, 1.54) is 11.1 Å². The zero-order chi connectivity index (χ0) is 30.3. The van der Waals surface area contributed by atoms with Gasteiger partial charge in [0.05, 0.1) is 24.7 Å². The quantitative estimate of drug-likeness (QED) is 0.469. The number of likely N-dealkylation sites (N-methyl/N-ethyl adjacent to an activating group) is 1. The van der Waals surface area contributed by atoms with E-state index in [1.807, 2.05) is 58.7 Å². The van der Waals surface area contributed by atoms with Crippen molar-refractivity contribution in [3.63, 3.8) is 0 Å². The summed E-state index contributed by atoms with van der Waals surface area (Å²) in [6, 6.07) is 15.2. The summed E-state index contributed by atoms with van der Waals surface area (Å²) in [5.41, 5.74) is 3.64. The molecule has 10 nitrogen and oxygen atoms in total. The first-order chi connectivity index (χ1) is 19.3. The van der Waals surface area contributed by atoms with Gasteiger partial charge in [0.15, 0.2) is 0 Å². The summed E-state index contributed by atoms with van der Waals surface area (Å²) in [4.78, 5) is 42.5. The highest BCUT2D eigenvalue weighted by atomic mass is 16.6. The topological polar surface area (TPSA) is 109 Å². The summed E-state index contributed by atoms with van der Waals surface area (Å²) in [6.07, 6.45) is -0.452. The number of carbonyl (C=O) groups is 3. The zero-order valence-corrected chi connectivity index (χ0v) is 25.2. The van der Waals surface area contributed by atoms with Crippen LogP contribution in [-0.2, 0) is 27.4 Å². The van der Waals surface area contributed by atoms with Crippen molar-refractivity contribution in [1.82, 2.24) is 20.2 Å². The Kier molecular flexibility index (Phi) is 10.5. The number of nitrogens with zero attached hydrogens (tertiary/aromatic N) is 5. The van der Waals surface area contributed by atoms with Crippen LogP contribution in [0.15, 0.2) is 42.5 Å². The molecule has 220 valence electrons. The molecule has 10 heteroatoms. The third kappa shape index (κ3) is 8.52. The second kappa shape index (κ2) is 13.6. The fourth-order valence-corrected chi connectivity index (χ4v) is 4.67. The molecular weight excluding hydrogens is 520 g/mol. The summed E-state index contributed by atoms with van der Waals surface area (Å²) in [5.74, 6) is -0.405. The second-order valence-corrected chi connectivity index (χ2v) is 11.5. The monoisotopic (exact) mass is 562 g/mol. The summed E-state index contributed by atoms with van der Waals surface area (Å²) in [7, 11) is 1.74. The van der Waals surface area contributed by atoms with Crippen molar-refractivity contribution >= 4 is 23.6 Å². The van der Waals surface area contributed by atoms with Crippen molar-refractivity contribution in [3.8, 4) is 6.07 Å². The third-order valence-corrected chi connectivity index (χ3v) is 6.90. The van der Waals surface area contributed by atoms with Gasteiger partial charge in [-0.05, 0) is 76.4 Å². The van der Waals surface area contributed by atoms with Crippen LogP contribution in [0.3, 0.4) is 0 Å². The molecule has 2 aromatic carbocycles. The van der Waals surface area contributed by atoms with E-state index >= 15 is 0 Å². The van der Waals surface area contributed by atoms with Crippen LogP contribution in [0.2, 0.25) is 0 Å². The number of hydrogen-bond donors (Lipinski definition) is 1. The average Bonchev–Trinajstić information content (AvgIpc) is 3.34. The van der Waals surface area contributed by atoms with Crippen LogP contribution in [0.4, 0.5) is 10.5 Å². The van der Waals surface area contributed by atoms with Crippen LogP contribution in [0.25, 0.3) is 0 Å². The molecule has 1 N–H and O–H groups in total. The van der Waals surface area contributed by atoms with E-state index in [0.29, 0.717) is 24.3 Å². The number of amides is 3. The van der Waals surface area contributed by atoms with Crippen LogP contribution in [0.5, 0.6) is 0 Å². The Morgan fingerprint density at radius 2 is 1.63 bits per heavy atom. The molecule has 0 bridgehead atoms. The Hall–Kier alpha value is -3.94. The number of nitriles is 1. The highest BCUT2D eigenvalue weighted by Gasteiger charge is 2.27. The molecule has 3 amide bonds. The Morgan fingerprint density at radius 1 is 1.02 bits per heavy atom. The standard InChI is InChI=1S/C31H42N6O4/c1-22(2)36(30(40)41-31(4,5)6)14-15-37(27-13-12-24(17-32)16-23(27)3)29(39)19-33-18-28(38)34(7)35-20-25-10-8-9-11-26(25)21-35/h8-13,16,22,33H,14-15,18-21H2,1-7H3. The molecule has 0 fully saturated rings. The number of hydrogen-bond acceptors (Lipinski definition) is 7. The summed E-state index contributed by atoms with van der Waals surface area (Å²) < 4.78 is 5.58. The van der Waals surface area contributed by atoms with E-state index in [2.05, 4.69) is 23.5 Å². The van der Waals surface area contributed by atoms with Crippen molar-refractivity contribution < 1.29 is 19.1 Å². The van der Waals surface area contributed by atoms with Gasteiger partial charge in [-0.1, -0.05) is 24.3 Å². The molecule has 0 saturated carbocycles. The van der Waals surface area contributed by atoms with Gasteiger partial charge in [-0.15, -0.1) is 0 Å². The van der Waals surface area contributed by atoms with Crippen molar-refractivity contribution in [2.45, 2.75) is 66.3 Å². The largest absolute Gasteiger partial charge is 0.444 e. The number of hydrazine groups is 1. The number of nitrogens with one attached hydrogen (secondary N) is 1. The summed E-state index contributed by atoms with van der Waals surface area (Å²) in [5, 5.41) is 15.9. The first kappa shape index (κ1) is 31.6. The molecule has 1 aliphatic rings. The maximum Gasteiger partial charge on any atom is 0.410 e. The van der Waals surface area contributed by atoms with E-state index in [4.69, 9.17) is 4.74 Å². The Balaban J connectivity index is 1.67. The van der Waals surface area contributed by atoms with Crippen LogP contribution in [-0.4, -0.2) is 77.7 Å². The number of carbonyl (C=O) groups excluding carboxylic acids is 3. The lowest BCUT2D eigenvalue weighted by Crippen LogP contribution is -2.49. The molecular formula is C31H42N6O4. The first-order valence-corrected chi connectivity index (χ1v) is 13.9. The Morgan fingerprint density at radius 3 is 2.17 bits per heavy atom. The molecule has 3 rings (SSSR count). The first-order valence-electron chi connectivity index (χ1n) is 13.9. The number of anilines is 1. The number of fused-ring (bicyclic) bond motifs is 1. The maximum atomic E-state index is 13.5. The number of benzene rings is 2. The van der Waals surface area contributed by atoms with Gasteiger partial charge in [-0.25, -0.2) is 9.80 Å². The highest BCUT2D eigenvalue weighted by Crippen LogP contribution is 2.24. The van der Waals surface area contributed by atoms with E-state index in [0.717, 1.165) is 5.56 Å². The lowest BCUT2D eigenvalue weighted by Gasteiger charge is -2.33. The van der Waals surface area contributed by atoms with Gasteiger partial charge in [-0.2, -0.15) is 5.26 Å². The van der Waals surface area contributed by atoms with Crippen molar-refractivity contribution in [3.05, 3.63) is 64.7 Å². The molecule has 0 radical (unpaired) electrons.